The number of halogens is 1. The van der Waals surface area contributed by atoms with Gasteiger partial charge in [-0.25, -0.2) is 0 Å². The van der Waals surface area contributed by atoms with E-state index >= 15 is 0 Å². The third-order valence-corrected chi connectivity index (χ3v) is 3.32. The Labute approximate surface area is 99.1 Å². The maximum absolute atomic E-state index is 3.60. The minimum atomic E-state index is 1.16. The number of hydrogen-bond donors (Lipinski definition) is 0. The van der Waals surface area contributed by atoms with Crippen molar-refractivity contribution < 1.29 is 0 Å². The van der Waals surface area contributed by atoms with E-state index in [0.717, 1.165) is 4.47 Å². The first-order valence-corrected chi connectivity index (χ1v) is 5.80. The van der Waals surface area contributed by atoms with Crippen molar-refractivity contribution in [2.45, 2.75) is 13.8 Å². The number of benzene rings is 2. The topological polar surface area (TPSA) is 0 Å². The average molecular weight is 261 g/mol. The van der Waals surface area contributed by atoms with Crippen molar-refractivity contribution >= 4 is 15.9 Å². The van der Waals surface area contributed by atoms with Gasteiger partial charge in [0.25, 0.3) is 0 Å². The molecule has 15 heavy (non-hydrogen) atoms. The Kier molecular flexibility index (Phi) is 2.92. The van der Waals surface area contributed by atoms with Crippen LogP contribution in [0.1, 0.15) is 11.1 Å². The van der Waals surface area contributed by atoms with Gasteiger partial charge in [-0.15, -0.1) is 0 Å². The van der Waals surface area contributed by atoms with Gasteiger partial charge in [0.1, 0.15) is 0 Å². The first kappa shape index (κ1) is 10.4. The summed E-state index contributed by atoms with van der Waals surface area (Å²) in [5.74, 6) is 0. The van der Waals surface area contributed by atoms with Crippen LogP contribution in [0.3, 0.4) is 0 Å². The lowest BCUT2D eigenvalue weighted by atomic mass is 9.96. The summed E-state index contributed by atoms with van der Waals surface area (Å²) >= 11 is 3.60. The summed E-state index contributed by atoms with van der Waals surface area (Å²) in [7, 11) is 0. The molecule has 0 unspecified atom stereocenters. The maximum Gasteiger partial charge on any atom is 0.0253 e. The quantitative estimate of drug-likeness (QED) is 0.696. The van der Waals surface area contributed by atoms with Crippen LogP contribution < -0.4 is 0 Å². The van der Waals surface area contributed by atoms with Crippen LogP contribution in [0.5, 0.6) is 0 Å². The molecule has 2 aromatic rings. The second kappa shape index (κ2) is 4.19. The van der Waals surface area contributed by atoms with E-state index in [1.165, 1.54) is 22.3 Å². The monoisotopic (exact) mass is 260 g/mol. The second-order valence-electron chi connectivity index (χ2n) is 3.75. The van der Waals surface area contributed by atoms with Gasteiger partial charge in [0.2, 0.25) is 0 Å². The molecule has 0 saturated carbocycles. The average Bonchev–Trinajstić information content (AvgIpc) is 2.20. The Morgan fingerprint density at radius 3 is 2.00 bits per heavy atom. The third-order valence-electron chi connectivity index (χ3n) is 2.62. The van der Waals surface area contributed by atoms with Gasteiger partial charge >= 0.3 is 0 Å². The fraction of sp³-hybridized carbons (Fsp3) is 0.143. The van der Waals surface area contributed by atoms with Crippen molar-refractivity contribution in [1.82, 2.24) is 0 Å². The van der Waals surface area contributed by atoms with E-state index in [4.69, 9.17) is 0 Å². The lowest BCUT2D eigenvalue weighted by molar-refractivity contribution is 1.37. The normalized spacial score (nSPS) is 10.3. The molecule has 76 valence electrons. The summed E-state index contributed by atoms with van der Waals surface area (Å²) in [6.45, 7) is 4.31. The largest absolute Gasteiger partial charge is 0.0617 e. The fourth-order valence-electron chi connectivity index (χ4n) is 1.90. The lowest BCUT2D eigenvalue weighted by Gasteiger charge is -2.11. The molecule has 0 aromatic heterocycles. The predicted octanol–water partition coefficient (Wildman–Crippen LogP) is 4.73. The molecule has 2 rings (SSSR count). The Balaban J connectivity index is 2.69. The lowest BCUT2D eigenvalue weighted by Crippen LogP contribution is -1.88. The van der Waals surface area contributed by atoms with Gasteiger partial charge in [0, 0.05) is 4.47 Å². The van der Waals surface area contributed by atoms with E-state index in [-0.39, 0.29) is 0 Å². The smallest absolute Gasteiger partial charge is 0.0253 e. The van der Waals surface area contributed by atoms with Crippen molar-refractivity contribution in [3.63, 3.8) is 0 Å². The van der Waals surface area contributed by atoms with Gasteiger partial charge in [-0.05, 0) is 42.2 Å². The zero-order valence-electron chi connectivity index (χ0n) is 8.92. The van der Waals surface area contributed by atoms with Gasteiger partial charge in [-0.1, -0.05) is 52.3 Å². The van der Waals surface area contributed by atoms with E-state index in [1.54, 1.807) is 0 Å². The Hall–Kier alpha value is -1.08. The zero-order chi connectivity index (χ0) is 10.8. The first-order chi connectivity index (χ1) is 7.20. The molecule has 0 N–H and O–H groups in total. The number of hydrogen-bond acceptors (Lipinski definition) is 0. The van der Waals surface area contributed by atoms with Crippen LogP contribution in [-0.4, -0.2) is 0 Å². The van der Waals surface area contributed by atoms with E-state index < -0.39 is 0 Å². The molecule has 0 atom stereocenters. The van der Waals surface area contributed by atoms with E-state index in [9.17, 15) is 0 Å². The Morgan fingerprint density at radius 2 is 1.40 bits per heavy atom. The van der Waals surface area contributed by atoms with Crippen molar-refractivity contribution in [3.8, 4) is 11.1 Å². The summed E-state index contributed by atoms with van der Waals surface area (Å²) in [6.07, 6.45) is 0. The number of rotatable bonds is 1. The molecular formula is C14H13Br. The summed E-state index contributed by atoms with van der Waals surface area (Å²) in [6, 6.07) is 14.8. The molecule has 0 aliphatic rings. The predicted molar refractivity (Wildman–Crippen MR) is 69.1 cm³/mol. The van der Waals surface area contributed by atoms with E-state index in [2.05, 4.69) is 66.2 Å². The fourth-order valence-corrected chi connectivity index (χ4v) is 2.39. The SMILES string of the molecule is Cc1cccc(C)c1-c1ccccc1Br. The number of aryl methyl sites for hydroxylation is 2. The first-order valence-electron chi connectivity index (χ1n) is 5.01. The van der Waals surface area contributed by atoms with Crippen molar-refractivity contribution in [2.75, 3.05) is 0 Å². The Morgan fingerprint density at radius 1 is 0.800 bits per heavy atom. The molecule has 0 spiro atoms. The molecule has 0 fully saturated rings. The second-order valence-corrected chi connectivity index (χ2v) is 4.60. The van der Waals surface area contributed by atoms with Crippen molar-refractivity contribution in [1.29, 1.82) is 0 Å². The van der Waals surface area contributed by atoms with Gasteiger partial charge < -0.3 is 0 Å². The van der Waals surface area contributed by atoms with Gasteiger partial charge in [-0.2, -0.15) is 0 Å². The van der Waals surface area contributed by atoms with Crippen molar-refractivity contribution in [3.05, 3.63) is 58.1 Å². The minimum Gasteiger partial charge on any atom is -0.0617 e. The van der Waals surface area contributed by atoms with Crippen LogP contribution in [0.25, 0.3) is 11.1 Å². The Bertz CT molecular complexity index is 466. The summed E-state index contributed by atoms with van der Waals surface area (Å²) < 4.78 is 1.16. The molecular weight excluding hydrogens is 248 g/mol. The van der Waals surface area contributed by atoms with Gasteiger partial charge in [0.05, 0.1) is 0 Å². The highest BCUT2D eigenvalue weighted by Gasteiger charge is 2.07. The molecule has 0 nitrogen and oxygen atoms in total. The van der Waals surface area contributed by atoms with Crippen LogP contribution in [0.15, 0.2) is 46.9 Å². The highest BCUT2D eigenvalue weighted by atomic mass is 79.9. The van der Waals surface area contributed by atoms with Gasteiger partial charge in [-0.3, -0.25) is 0 Å². The molecule has 0 bridgehead atoms. The van der Waals surface area contributed by atoms with Crippen LogP contribution in [0, 0.1) is 13.8 Å². The van der Waals surface area contributed by atoms with Crippen LogP contribution in [-0.2, 0) is 0 Å². The molecule has 0 aliphatic carbocycles. The molecule has 0 radical (unpaired) electrons. The van der Waals surface area contributed by atoms with Crippen molar-refractivity contribution in [2.24, 2.45) is 0 Å². The summed E-state index contributed by atoms with van der Waals surface area (Å²) in [5, 5.41) is 0. The molecule has 2 aromatic carbocycles. The van der Waals surface area contributed by atoms with E-state index in [0.29, 0.717) is 0 Å². The summed E-state index contributed by atoms with van der Waals surface area (Å²) in [4.78, 5) is 0. The van der Waals surface area contributed by atoms with E-state index in [1.807, 2.05) is 6.07 Å². The zero-order valence-corrected chi connectivity index (χ0v) is 10.5. The summed E-state index contributed by atoms with van der Waals surface area (Å²) in [5.41, 5.74) is 5.25. The highest BCUT2D eigenvalue weighted by Crippen LogP contribution is 2.32. The third kappa shape index (κ3) is 1.98. The van der Waals surface area contributed by atoms with Crippen LogP contribution in [0.4, 0.5) is 0 Å². The molecule has 0 heterocycles. The molecule has 0 saturated heterocycles. The molecule has 1 heteroatoms. The maximum atomic E-state index is 3.60. The molecule has 0 aliphatic heterocycles. The van der Waals surface area contributed by atoms with Gasteiger partial charge in [0.15, 0.2) is 0 Å². The van der Waals surface area contributed by atoms with Crippen LogP contribution >= 0.6 is 15.9 Å². The minimum absolute atomic E-state index is 1.16. The van der Waals surface area contributed by atoms with Crippen LogP contribution in [0.2, 0.25) is 0 Å². The highest BCUT2D eigenvalue weighted by molar-refractivity contribution is 9.10. The standard InChI is InChI=1S/C14H13Br/c1-10-6-5-7-11(2)14(10)12-8-3-4-9-13(12)15/h3-9H,1-2H3. The molecule has 0 amide bonds.